The van der Waals surface area contributed by atoms with Gasteiger partial charge in [-0.1, -0.05) is 17.4 Å². The molecule has 0 aliphatic rings. The van der Waals surface area contributed by atoms with E-state index in [4.69, 9.17) is 9.47 Å². The van der Waals surface area contributed by atoms with E-state index in [1.54, 1.807) is 25.4 Å². The average molecular weight is 531 g/mol. The van der Waals surface area contributed by atoms with E-state index in [0.29, 0.717) is 18.9 Å². The number of rotatable bonds is 9. The number of carbonyl (C=O) groups is 1. The minimum Gasteiger partial charge on any atom is -0.424 e. The maximum Gasteiger partial charge on any atom is 0.416 e. The first-order chi connectivity index (χ1) is 17.8. The van der Waals surface area contributed by atoms with Crippen molar-refractivity contribution in [2.45, 2.75) is 6.18 Å². The zero-order valence-electron chi connectivity index (χ0n) is 19.4. The lowest BCUT2D eigenvalue weighted by molar-refractivity contribution is -0.137. The Bertz CT molecular complexity index is 1330. The van der Waals surface area contributed by atoms with E-state index >= 15 is 0 Å². The Balaban J connectivity index is 1.30. The van der Waals surface area contributed by atoms with E-state index in [-0.39, 0.29) is 17.4 Å². The second-order valence-electron chi connectivity index (χ2n) is 7.49. The van der Waals surface area contributed by atoms with Gasteiger partial charge in [0.25, 0.3) is 0 Å². The van der Waals surface area contributed by atoms with E-state index in [2.05, 4.69) is 30.9 Å². The molecule has 3 N–H and O–H groups in total. The van der Waals surface area contributed by atoms with Crippen LogP contribution in [0.3, 0.4) is 0 Å². The van der Waals surface area contributed by atoms with Crippen molar-refractivity contribution in [3.63, 3.8) is 0 Å². The van der Waals surface area contributed by atoms with Crippen LogP contribution < -0.4 is 20.7 Å². The van der Waals surface area contributed by atoms with Crippen molar-refractivity contribution in [2.24, 2.45) is 0 Å². The molecule has 0 radical (unpaired) electrons. The van der Waals surface area contributed by atoms with Crippen LogP contribution in [0.5, 0.6) is 11.8 Å². The number of benzene rings is 2. The SMILES string of the molecule is COCCNc1ncc(-c2ccc(Oc3ncc(NC(=O)Nc4cccc(C(F)(F)F)c4)cn3)cc2)s1. The molecular formula is C24H21F3N6O3S. The number of carbonyl (C=O) groups excluding carboxylic acids is 1. The number of anilines is 3. The first-order valence-electron chi connectivity index (χ1n) is 10.8. The molecule has 0 unspecified atom stereocenters. The summed E-state index contributed by atoms with van der Waals surface area (Å²) in [6.45, 7) is 1.26. The molecule has 192 valence electrons. The molecule has 2 amide bonds. The van der Waals surface area contributed by atoms with Crippen LogP contribution in [-0.4, -0.2) is 41.2 Å². The van der Waals surface area contributed by atoms with Crippen LogP contribution in [0.1, 0.15) is 5.56 Å². The molecule has 0 aliphatic carbocycles. The van der Waals surface area contributed by atoms with Gasteiger partial charge in [-0.3, -0.25) is 0 Å². The van der Waals surface area contributed by atoms with E-state index in [9.17, 15) is 18.0 Å². The fourth-order valence-corrected chi connectivity index (χ4v) is 3.89. The molecule has 0 spiro atoms. The van der Waals surface area contributed by atoms with E-state index < -0.39 is 17.8 Å². The molecule has 2 aromatic heterocycles. The van der Waals surface area contributed by atoms with E-state index in [1.165, 1.54) is 35.9 Å². The van der Waals surface area contributed by atoms with Crippen LogP contribution >= 0.6 is 11.3 Å². The van der Waals surface area contributed by atoms with Gasteiger partial charge in [-0.15, -0.1) is 0 Å². The molecular weight excluding hydrogens is 509 g/mol. The Kier molecular flexibility index (Phi) is 8.15. The third-order valence-electron chi connectivity index (χ3n) is 4.77. The highest BCUT2D eigenvalue weighted by atomic mass is 32.1. The number of amides is 2. The normalized spacial score (nSPS) is 11.1. The van der Waals surface area contributed by atoms with Crippen LogP contribution in [-0.2, 0) is 10.9 Å². The van der Waals surface area contributed by atoms with Crippen molar-refractivity contribution in [2.75, 3.05) is 36.2 Å². The Morgan fingerprint density at radius 1 is 0.973 bits per heavy atom. The zero-order valence-corrected chi connectivity index (χ0v) is 20.2. The molecule has 2 heterocycles. The molecule has 37 heavy (non-hydrogen) atoms. The summed E-state index contributed by atoms with van der Waals surface area (Å²) in [7, 11) is 1.64. The highest BCUT2D eigenvalue weighted by Gasteiger charge is 2.30. The van der Waals surface area contributed by atoms with Crippen molar-refractivity contribution in [3.05, 3.63) is 72.7 Å². The lowest BCUT2D eigenvalue weighted by Gasteiger charge is -2.11. The van der Waals surface area contributed by atoms with Gasteiger partial charge in [0.2, 0.25) is 0 Å². The molecule has 13 heteroatoms. The first kappa shape index (κ1) is 25.9. The summed E-state index contributed by atoms with van der Waals surface area (Å²) in [5.74, 6) is 0.509. The van der Waals surface area contributed by atoms with Crippen LogP contribution in [0.2, 0.25) is 0 Å². The quantitative estimate of drug-likeness (QED) is 0.224. The predicted octanol–water partition coefficient (Wildman–Crippen LogP) is 6.11. The maximum atomic E-state index is 12.8. The smallest absolute Gasteiger partial charge is 0.416 e. The lowest BCUT2D eigenvalue weighted by atomic mass is 10.2. The minimum absolute atomic E-state index is 0.00597. The molecule has 4 aromatic rings. The zero-order chi connectivity index (χ0) is 26.3. The number of methoxy groups -OCH3 is 1. The summed E-state index contributed by atoms with van der Waals surface area (Å²) in [5.41, 5.74) is 0.327. The highest BCUT2D eigenvalue weighted by Crippen LogP contribution is 2.32. The largest absolute Gasteiger partial charge is 0.424 e. The fraction of sp³-hybridized carbons (Fsp3) is 0.167. The molecule has 0 aliphatic heterocycles. The number of hydrogen-bond donors (Lipinski definition) is 3. The van der Waals surface area contributed by atoms with Crippen LogP contribution in [0.15, 0.2) is 67.1 Å². The molecule has 0 saturated carbocycles. The van der Waals surface area contributed by atoms with Gasteiger partial charge in [0.05, 0.1) is 35.1 Å². The van der Waals surface area contributed by atoms with Gasteiger partial charge in [0.15, 0.2) is 5.13 Å². The summed E-state index contributed by atoms with van der Waals surface area (Å²) in [5, 5.41) is 8.78. The molecule has 0 fully saturated rings. The number of ether oxygens (including phenoxy) is 2. The van der Waals surface area contributed by atoms with Gasteiger partial charge in [-0.05, 0) is 48.0 Å². The highest BCUT2D eigenvalue weighted by molar-refractivity contribution is 7.18. The van der Waals surface area contributed by atoms with Crippen molar-refractivity contribution in [1.82, 2.24) is 15.0 Å². The monoisotopic (exact) mass is 530 g/mol. The minimum atomic E-state index is -4.51. The molecule has 2 aromatic carbocycles. The van der Waals surface area contributed by atoms with Crippen LogP contribution in [0, 0.1) is 0 Å². The Morgan fingerprint density at radius 3 is 2.41 bits per heavy atom. The standard InChI is InChI=1S/C24H21F3N6O3S/c1-35-10-9-28-23-31-14-20(37-23)15-5-7-19(8-6-15)36-22-29-12-18(13-30-22)33-21(34)32-17-4-2-3-16(11-17)24(25,26)27/h2-8,11-14H,9-10H2,1H3,(H,28,31)(H2,32,33,34). The predicted molar refractivity (Wildman–Crippen MR) is 134 cm³/mol. The van der Waals surface area contributed by atoms with E-state index in [0.717, 1.165) is 27.7 Å². The number of hydrogen-bond acceptors (Lipinski definition) is 8. The van der Waals surface area contributed by atoms with Crippen molar-refractivity contribution >= 4 is 33.9 Å². The third-order valence-corrected chi connectivity index (χ3v) is 5.77. The average Bonchev–Trinajstić information content (AvgIpc) is 3.34. The lowest BCUT2D eigenvalue weighted by Crippen LogP contribution is -2.20. The summed E-state index contributed by atoms with van der Waals surface area (Å²) in [4.78, 5) is 25.6. The number of thiazole rings is 1. The Hall–Kier alpha value is -4.23. The van der Waals surface area contributed by atoms with Gasteiger partial charge in [0, 0.05) is 25.5 Å². The summed E-state index contributed by atoms with van der Waals surface area (Å²) < 4.78 is 49.1. The number of alkyl halides is 3. The summed E-state index contributed by atoms with van der Waals surface area (Å²) >= 11 is 1.52. The summed E-state index contributed by atoms with van der Waals surface area (Å²) in [6.07, 6.45) is -0.0895. The van der Waals surface area contributed by atoms with Gasteiger partial charge in [0.1, 0.15) is 5.75 Å². The van der Waals surface area contributed by atoms with Gasteiger partial charge < -0.3 is 25.4 Å². The van der Waals surface area contributed by atoms with E-state index in [1.807, 2.05) is 12.1 Å². The van der Waals surface area contributed by atoms with Crippen LogP contribution in [0.25, 0.3) is 10.4 Å². The van der Waals surface area contributed by atoms with Crippen molar-refractivity contribution in [1.29, 1.82) is 0 Å². The molecule has 9 nitrogen and oxygen atoms in total. The third kappa shape index (κ3) is 7.38. The number of urea groups is 1. The number of nitrogens with zero attached hydrogens (tertiary/aromatic N) is 3. The molecule has 0 atom stereocenters. The first-order valence-corrected chi connectivity index (χ1v) is 11.7. The van der Waals surface area contributed by atoms with Gasteiger partial charge in [-0.25, -0.2) is 19.7 Å². The maximum absolute atomic E-state index is 12.8. The Labute approximate surface area is 213 Å². The molecule has 0 bridgehead atoms. The molecule has 0 saturated heterocycles. The number of aromatic nitrogens is 3. The topological polar surface area (TPSA) is 110 Å². The molecule has 4 rings (SSSR count). The van der Waals surface area contributed by atoms with Crippen molar-refractivity contribution in [3.8, 4) is 22.2 Å². The van der Waals surface area contributed by atoms with Gasteiger partial charge >= 0.3 is 18.2 Å². The number of nitrogens with one attached hydrogen (secondary N) is 3. The van der Waals surface area contributed by atoms with Crippen molar-refractivity contribution < 1.29 is 27.4 Å². The second kappa shape index (κ2) is 11.7. The summed E-state index contributed by atoms with van der Waals surface area (Å²) in [6, 6.07) is 10.9. The fourth-order valence-electron chi connectivity index (χ4n) is 3.04. The second-order valence-corrected chi connectivity index (χ2v) is 8.52. The van der Waals surface area contributed by atoms with Gasteiger partial charge in [-0.2, -0.15) is 13.2 Å². The van der Waals surface area contributed by atoms with Crippen LogP contribution in [0.4, 0.5) is 34.5 Å². The Morgan fingerprint density at radius 2 is 1.70 bits per heavy atom. The number of halogens is 3.